The molecule has 4 rings (SSSR count). The lowest BCUT2D eigenvalue weighted by molar-refractivity contribution is -0.0595. The summed E-state index contributed by atoms with van der Waals surface area (Å²) in [4.78, 5) is 11.3. The number of fused-ring (bicyclic) bond motifs is 2. The highest BCUT2D eigenvalue weighted by molar-refractivity contribution is 5.26. The second-order valence-electron chi connectivity index (χ2n) is 7.37. The summed E-state index contributed by atoms with van der Waals surface area (Å²) in [6, 6.07) is 7.02. The second-order valence-corrected chi connectivity index (χ2v) is 7.37. The van der Waals surface area contributed by atoms with E-state index < -0.39 is 5.60 Å². The Balaban J connectivity index is 1.50. The van der Waals surface area contributed by atoms with Crippen LogP contribution in [0.1, 0.15) is 49.6 Å². The van der Waals surface area contributed by atoms with Gasteiger partial charge in [-0.3, -0.25) is 4.90 Å². The fourth-order valence-electron chi connectivity index (χ4n) is 4.43. The predicted octanol–water partition coefficient (Wildman–Crippen LogP) is 3.19. The largest absolute Gasteiger partial charge is 0.385 e. The molecular weight excluding hydrogens is 317 g/mol. The van der Waals surface area contributed by atoms with E-state index in [4.69, 9.17) is 0 Å². The second kappa shape index (κ2) is 6.46. The molecular formula is C20H24FN3O. The summed E-state index contributed by atoms with van der Waals surface area (Å²) in [6.07, 6.45) is 8.29. The average molecular weight is 341 g/mol. The molecule has 132 valence electrons. The van der Waals surface area contributed by atoms with E-state index in [0.717, 1.165) is 42.8 Å². The van der Waals surface area contributed by atoms with Crippen molar-refractivity contribution in [1.82, 2.24) is 14.9 Å². The standard InChI is InChI=1S/C20H24FN3O/c1-2-19-22-11-14(12-23-19)13-24-17-7-8-18(24)10-20(25,9-17)15-3-5-16(21)6-4-15/h3-6,11-12,17-18,25H,2,7-10,13H2,1H3/t17-,18+,20?. The van der Waals surface area contributed by atoms with Gasteiger partial charge in [-0.25, -0.2) is 14.4 Å². The smallest absolute Gasteiger partial charge is 0.127 e. The van der Waals surface area contributed by atoms with Crippen LogP contribution < -0.4 is 0 Å². The number of aromatic nitrogens is 2. The van der Waals surface area contributed by atoms with Crippen molar-refractivity contribution in [2.24, 2.45) is 0 Å². The summed E-state index contributed by atoms with van der Waals surface area (Å²) in [5.74, 6) is 0.610. The van der Waals surface area contributed by atoms with E-state index in [9.17, 15) is 9.50 Å². The number of nitrogens with zero attached hydrogens (tertiary/aromatic N) is 3. The molecule has 3 heterocycles. The molecule has 2 saturated heterocycles. The van der Waals surface area contributed by atoms with Gasteiger partial charge in [-0.2, -0.15) is 0 Å². The summed E-state index contributed by atoms with van der Waals surface area (Å²) in [7, 11) is 0. The summed E-state index contributed by atoms with van der Waals surface area (Å²) < 4.78 is 13.2. The fourth-order valence-corrected chi connectivity index (χ4v) is 4.43. The van der Waals surface area contributed by atoms with E-state index in [2.05, 4.69) is 21.8 Å². The van der Waals surface area contributed by atoms with Gasteiger partial charge in [0.2, 0.25) is 0 Å². The van der Waals surface area contributed by atoms with Gasteiger partial charge in [0.1, 0.15) is 11.6 Å². The topological polar surface area (TPSA) is 49.2 Å². The molecule has 3 atom stereocenters. The Hall–Kier alpha value is -1.85. The number of hydrogen-bond acceptors (Lipinski definition) is 4. The molecule has 1 aromatic heterocycles. The third-order valence-electron chi connectivity index (χ3n) is 5.74. The van der Waals surface area contributed by atoms with E-state index in [0.29, 0.717) is 24.9 Å². The lowest BCUT2D eigenvalue weighted by Gasteiger charge is -2.44. The Morgan fingerprint density at radius 2 is 1.72 bits per heavy atom. The van der Waals surface area contributed by atoms with Crippen LogP contribution >= 0.6 is 0 Å². The zero-order valence-corrected chi connectivity index (χ0v) is 14.5. The first-order chi connectivity index (χ1) is 12.1. The van der Waals surface area contributed by atoms with E-state index in [1.54, 1.807) is 12.1 Å². The number of hydrogen-bond donors (Lipinski definition) is 1. The van der Waals surface area contributed by atoms with Crippen molar-refractivity contribution >= 4 is 0 Å². The molecule has 5 heteroatoms. The lowest BCUT2D eigenvalue weighted by Crippen LogP contribution is -2.49. The Morgan fingerprint density at radius 1 is 1.12 bits per heavy atom. The van der Waals surface area contributed by atoms with Crippen molar-refractivity contribution in [3.8, 4) is 0 Å². The SMILES string of the molecule is CCc1ncc(CN2[C@@H]3CC[C@H]2CC(O)(c2ccc(F)cc2)C3)cn1. The Bertz CT molecular complexity index is 718. The minimum absolute atomic E-state index is 0.261. The number of benzene rings is 1. The Kier molecular flexibility index (Phi) is 4.29. The van der Waals surface area contributed by atoms with E-state index >= 15 is 0 Å². The number of rotatable bonds is 4. The van der Waals surface area contributed by atoms with Crippen molar-refractivity contribution in [1.29, 1.82) is 0 Å². The van der Waals surface area contributed by atoms with Crippen LogP contribution in [0, 0.1) is 5.82 Å². The minimum Gasteiger partial charge on any atom is -0.385 e. The molecule has 1 aromatic carbocycles. The zero-order chi connectivity index (χ0) is 17.4. The van der Waals surface area contributed by atoms with Gasteiger partial charge < -0.3 is 5.11 Å². The molecule has 2 aliphatic heterocycles. The van der Waals surface area contributed by atoms with Gasteiger partial charge in [0.25, 0.3) is 0 Å². The number of aryl methyl sites for hydroxylation is 1. The summed E-state index contributed by atoms with van der Waals surface area (Å²) in [5.41, 5.74) is 1.11. The van der Waals surface area contributed by atoms with Crippen LogP contribution in [-0.2, 0) is 18.6 Å². The molecule has 2 fully saturated rings. The van der Waals surface area contributed by atoms with E-state index in [-0.39, 0.29) is 5.82 Å². The van der Waals surface area contributed by atoms with Crippen LogP contribution in [0.2, 0.25) is 0 Å². The number of piperidine rings is 1. The molecule has 1 unspecified atom stereocenters. The van der Waals surface area contributed by atoms with Crippen LogP contribution in [0.15, 0.2) is 36.7 Å². The number of aliphatic hydroxyl groups is 1. The molecule has 0 aliphatic carbocycles. The predicted molar refractivity (Wildman–Crippen MR) is 93.3 cm³/mol. The van der Waals surface area contributed by atoms with Gasteiger partial charge in [0, 0.05) is 43.0 Å². The highest BCUT2D eigenvalue weighted by Crippen LogP contribution is 2.46. The molecule has 0 amide bonds. The maximum atomic E-state index is 13.2. The third kappa shape index (κ3) is 3.18. The Labute approximate surface area is 147 Å². The van der Waals surface area contributed by atoms with Crippen molar-refractivity contribution < 1.29 is 9.50 Å². The Morgan fingerprint density at radius 3 is 2.28 bits per heavy atom. The van der Waals surface area contributed by atoms with E-state index in [1.165, 1.54) is 12.1 Å². The van der Waals surface area contributed by atoms with Crippen LogP contribution in [-0.4, -0.2) is 32.1 Å². The highest BCUT2D eigenvalue weighted by atomic mass is 19.1. The number of halogens is 1. The van der Waals surface area contributed by atoms with Crippen LogP contribution in [0.4, 0.5) is 4.39 Å². The van der Waals surface area contributed by atoms with Gasteiger partial charge in [-0.15, -0.1) is 0 Å². The first kappa shape index (κ1) is 16.6. The monoisotopic (exact) mass is 341 g/mol. The maximum absolute atomic E-state index is 13.2. The van der Waals surface area contributed by atoms with Crippen molar-refractivity contribution in [3.05, 3.63) is 59.4 Å². The maximum Gasteiger partial charge on any atom is 0.127 e. The summed E-state index contributed by atoms with van der Waals surface area (Å²) >= 11 is 0. The normalized spacial score (nSPS) is 29.1. The summed E-state index contributed by atoms with van der Waals surface area (Å²) in [6.45, 7) is 2.88. The summed E-state index contributed by atoms with van der Waals surface area (Å²) in [5, 5.41) is 11.2. The third-order valence-corrected chi connectivity index (χ3v) is 5.74. The highest BCUT2D eigenvalue weighted by Gasteiger charge is 2.48. The first-order valence-corrected chi connectivity index (χ1v) is 9.11. The van der Waals surface area contributed by atoms with Gasteiger partial charge >= 0.3 is 0 Å². The van der Waals surface area contributed by atoms with Crippen molar-refractivity contribution in [2.75, 3.05) is 0 Å². The van der Waals surface area contributed by atoms with Crippen molar-refractivity contribution in [2.45, 2.75) is 63.3 Å². The van der Waals surface area contributed by atoms with Gasteiger partial charge in [0.05, 0.1) is 5.60 Å². The molecule has 0 radical (unpaired) electrons. The molecule has 2 aliphatic rings. The average Bonchev–Trinajstić information content (AvgIpc) is 2.87. The fraction of sp³-hybridized carbons (Fsp3) is 0.500. The molecule has 1 N–H and O–H groups in total. The van der Waals surface area contributed by atoms with Gasteiger partial charge in [-0.1, -0.05) is 19.1 Å². The molecule has 0 saturated carbocycles. The minimum atomic E-state index is -0.849. The molecule has 0 spiro atoms. The molecule has 2 aromatic rings. The van der Waals surface area contributed by atoms with E-state index in [1.807, 2.05) is 12.4 Å². The zero-order valence-electron chi connectivity index (χ0n) is 14.5. The molecule has 4 nitrogen and oxygen atoms in total. The first-order valence-electron chi connectivity index (χ1n) is 9.11. The van der Waals surface area contributed by atoms with Crippen molar-refractivity contribution in [3.63, 3.8) is 0 Å². The van der Waals surface area contributed by atoms with Gasteiger partial charge in [-0.05, 0) is 43.4 Å². The quantitative estimate of drug-likeness (QED) is 0.928. The molecule has 25 heavy (non-hydrogen) atoms. The van der Waals surface area contributed by atoms with Crippen LogP contribution in [0.5, 0.6) is 0 Å². The lowest BCUT2D eigenvalue weighted by atomic mass is 9.80. The van der Waals surface area contributed by atoms with Gasteiger partial charge in [0.15, 0.2) is 0 Å². The van der Waals surface area contributed by atoms with Crippen LogP contribution in [0.25, 0.3) is 0 Å². The molecule has 2 bridgehead atoms. The van der Waals surface area contributed by atoms with Crippen LogP contribution in [0.3, 0.4) is 0 Å².